The second-order valence-corrected chi connectivity index (χ2v) is 3.17. The summed E-state index contributed by atoms with van der Waals surface area (Å²) in [6.45, 7) is 2.01. The van der Waals surface area contributed by atoms with E-state index in [1.807, 2.05) is 13.1 Å². The van der Waals surface area contributed by atoms with Crippen molar-refractivity contribution < 1.29 is 0 Å². The molecule has 2 rings (SSSR count). The van der Waals surface area contributed by atoms with Gasteiger partial charge in [-0.1, -0.05) is 0 Å². The summed E-state index contributed by atoms with van der Waals surface area (Å²) in [5.41, 5.74) is 2.02. The first-order valence-corrected chi connectivity index (χ1v) is 4.03. The van der Waals surface area contributed by atoms with Gasteiger partial charge in [0.05, 0.1) is 6.20 Å². The van der Waals surface area contributed by atoms with Gasteiger partial charge in [-0.15, -0.1) is 0 Å². The van der Waals surface area contributed by atoms with Gasteiger partial charge in [-0.3, -0.25) is 0 Å². The first-order valence-electron chi connectivity index (χ1n) is 3.23. The van der Waals surface area contributed by atoms with Crippen LogP contribution in [0.15, 0.2) is 23.1 Å². The van der Waals surface area contributed by atoms with Crippen LogP contribution >= 0.6 is 15.9 Å². The normalized spacial score (nSPS) is 10.7. The molecular weight excluding hydrogens is 206 g/mol. The molecule has 0 radical (unpaired) electrons. The van der Waals surface area contributed by atoms with Gasteiger partial charge in [0.25, 0.3) is 0 Å². The molecule has 0 saturated heterocycles. The molecule has 2 heterocycles. The van der Waals surface area contributed by atoms with Gasteiger partial charge >= 0.3 is 0 Å². The second kappa shape index (κ2) is 2.30. The maximum absolute atomic E-state index is 4.15. The molecule has 4 heteroatoms. The van der Waals surface area contributed by atoms with Crippen LogP contribution in [0.5, 0.6) is 0 Å². The minimum atomic E-state index is 0.902. The number of hydrogen-bond donors (Lipinski definition) is 0. The Morgan fingerprint density at radius 1 is 1.55 bits per heavy atom. The fourth-order valence-electron chi connectivity index (χ4n) is 0.975. The molecule has 0 unspecified atom stereocenters. The van der Waals surface area contributed by atoms with E-state index in [0.717, 1.165) is 15.7 Å². The van der Waals surface area contributed by atoms with E-state index < -0.39 is 0 Å². The summed E-state index contributed by atoms with van der Waals surface area (Å²) >= 11 is 3.39. The Morgan fingerprint density at radius 2 is 2.36 bits per heavy atom. The van der Waals surface area contributed by atoms with E-state index in [1.54, 1.807) is 16.9 Å². The van der Waals surface area contributed by atoms with Crippen molar-refractivity contribution in [3.05, 3.63) is 28.6 Å². The Morgan fingerprint density at radius 3 is 3.18 bits per heavy atom. The minimum Gasteiger partial charge on any atom is -0.235 e. The number of halogens is 1. The highest BCUT2D eigenvalue weighted by Gasteiger charge is 2.01. The van der Waals surface area contributed by atoms with Gasteiger partial charge in [-0.05, 0) is 22.9 Å². The summed E-state index contributed by atoms with van der Waals surface area (Å²) < 4.78 is 2.75. The number of aromatic nitrogens is 3. The quantitative estimate of drug-likeness (QED) is 0.666. The van der Waals surface area contributed by atoms with Crippen molar-refractivity contribution in [3.8, 4) is 0 Å². The van der Waals surface area contributed by atoms with Crippen LogP contribution in [0.4, 0.5) is 0 Å². The molecule has 0 bridgehead atoms. The van der Waals surface area contributed by atoms with E-state index in [0.29, 0.717) is 0 Å². The first kappa shape index (κ1) is 6.79. The highest BCUT2D eigenvalue weighted by molar-refractivity contribution is 9.10. The van der Waals surface area contributed by atoms with Crippen LogP contribution in [0.1, 0.15) is 5.56 Å². The largest absolute Gasteiger partial charge is 0.235 e. The fourth-order valence-corrected chi connectivity index (χ4v) is 1.24. The Labute approximate surface area is 72.2 Å². The van der Waals surface area contributed by atoms with Crippen LogP contribution in [0.2, 0.25) is 0 Å². The van der Waals surface area contributed by atoms with E-state index in [-0.39, 0.29) is 0 Å². The summed E-state index contributed by atoms with van der Waals surface area (Å²) in [6, 6.07) is 0. The predicted octanol–water partition coefficient (Wildman–Crippen LogP) is 1.80. The molecule has 2 aromatic rings. The van der Waals surface area contributed by atoms with Crippen molar-refractivity contribution in [1.82, 2.24) is 14.6 Å². The second-order valence-electron chi connectivity index (χ2n) is 2.31. The Bertz CT molecular complexity index is 393. The van der Waals surface area contributed by atoms with Crippen LogP contribution in [-0.4, -0.2) is 14.6 Å². The standard InChI is InChI=1S/C7H6BrN3/c1-5-6(8)4-10-11-3-2-9-7(5)11/h2-4H,1H3. The number of aryl methyl sites for hydroxylation is 1. The lowest BCUT2D eigenvalue weighted by Crippen LogP contribution is -1.92. The molecule has 11 heavy (non-hydrogen) atoms. The summed E-state index contributed by atoms with van der Waals surface area (Å²) in [7, 11) is 0. The van der Waals surface area contributed by atoms with Gasteiger partial charge in [0.1, 0.15) is 0 Å². The maximum atomic E-state index is 4.15. The average Bonchev–Trinajstić information content (AvgIpc) is 2.45. The van der Waals surface area contributed by atoms with Gasteiger partial charge in [0, 0.05) is 22.4 Å². The molecule has 0 aliphatic rings. The lowest BCUT2D eigenvalue weighted by Gasteiger charge is -1.97. The number of rotatable bonds is 0. The van der Waals surface area contributed by atoms with Crippen molar-refractivity contribution in [2.75, 3.05) is 0 Å². The summed E-state index contributed by atoms with van der Waals surface area (Å²) in [5.74, 6) is 0. The third-order valence-corrected chi connectivity index (χ3v) is 2.41. The zero-order valence-electron chi connectivity index (χ0n) is 5.95. The number of nitrogens with zero attached hydrogens (tertiary/aromatic N) is 3. The van der Waals surface area contributed by atoms with E-state index in [9.17, 15) is 0 Å². The summed E-state index contributed by atoms with van der Waals surface area (Å²) in [4.78, 5) is 4.15. The number of imidazole rings is 1. The monoisotopic (exact) mass is 211 g/mol. The maximum Gasteiger partial charge on any atom is 0.157 e. The molecule has 0 N–H and O–H groups in total. The van der Waals surface area contributed by atoms with Crippen molar-refractivity contribution in [2.24, 2.45) is 0 Å². The zero-order valence-corrected chi connectivity index (χ0v) is 7.54. The van der Waals surface area contributed by atoms with Gasteiger partial charge < -0.3 is 0 Å². The van der Waals surface area contributed by atoms with E-state index >= 15 is 0 Å². The minimum absolute atomic E-state index is 0.902. The first-order chi connectivity index (χ1) is 5.29. The molecule has 0 aliphatic carbocycles. The predicted molar refractivity (Wildman–Crippen MR) is 45.4 cm³/mol. The van der Waals surface area contributed by atoms with Crippen LogP contribution in [-0.2, 0) is 0 Å². The van der Waals surface area contributed by atoms with Crippen LogP contribution in [0.25, 0.3) is 5.65 Å². The molecule has 0 saturated carbocycles. The van der Waals surface area contributed by atoms with Crippen molar-refractivity contribution in [2.45, 2.75) is 6.92 Å². The lowest BCUT2D eigenvalue weighted by molar-refractivity contribution is 0.922. The van der Waals surface area contributed by atoms with Crippen LogP contribution in [0, 0.1) is 6.92 Å². The molecule has 56 valence electrons. The van der Waals surface area contributed by atoms with Crippen LogP contribution in [0.3, 0.4) is 0 Å². The van der Waals surface area contributed by atoms with Crippen molar-refractivity contribution in [3.63, 3.8) is 0 Å². The van der Waals surface area contributed by atoms with Gasteiger partial charge in [0.2, 0.25) is 0 Å². The van der Waals surface area contributed by atoms with E-state index in [2.05, 4.69) is 26.0 Å². The van der Waals surface area contributed by atoms with E-state index in [4.69, 9.17) is 0 Å². The molecule has 3 nitrogen and oxygen atoms in total. The molecule has 0 spiro atoms. The zero-order chi connectivity index (χ0) is 7.84. The number of hydrogen-bond acceptors (Lipinski definition) is 2. The molecule has 0 fully saturated rings. The Kier molecular flexibility index (Phi) is 1.42. The molecule has 0 aromatic carbocycles. The highest BCUT2D eigenvalue weighted by atomic mass is 79.9. The fraction of sp³-hybridized carbons (Fsp3) is 0.143. The molecule has 2 aromatic heterocycles. The van der Waals surface area contributed by atoms with Gasteiger partial charge in [-0.25, -0.2) is 9.50 Å². The summed E-state index contributed by atoms with van der Waals surface area (Å²) in [5, 5.41) is 4.11. The molecular formula is C7H6BrN3. The SMILES string of the molecule is Cc1c(Br)cnn2ccnc12. The van der Waals surface area contributed by atoms with Crippen molar-refractivity contribution in [1.29, 1.82) is 0 Å². The van der Waals surface area contributed by atoms with Crippen molar-refractivity contribution >= 4 is 21.6 Å². The van der Waals surface area contributed by atoms with Crippen LogP contribution < -0.4 is 0 Å². The smallest absolute Gasteiger partial charge is 0.157 e. The third kappa shape index (κ3) is 0.939. The highest BCUT2D eigenvalue weighted by Crippen LogP contribution is 2.16. The molecule has 0 aliphatic heterocycles. The molecule has 0 atom stereocenters. The lowest BCUT2D eigenvalue weighted by atomic mass is 10.3. The topological polar surface area (TPSA) is 30.2 Å². The van der Waals surface area contributed by atoms with Gasteiger partial charge in [0.15, 0.2) is 5.65 Å². The third-order valence-electron chi connectivity index (χ3n) is 1.61. The Balaban J connectivity index is 2.93. The average molecular weight is 212 g/mol. The number of fused-ring (bicyclic) bond motifs is 1. The Hall–Kier alpha value is -0.900. The summed E-state index contributed by atoms with van der Waals surface area (Å²) in [6.07, 6.45) is 5.33. The molecule has 0 amide bonds. The van der Waals surface area contributed by atoms with Gasteiger partial charge in [-0.2, -0.15) is 5.10 Å². The van der Waals surface area contributed by atoms with E-state index in [1.165, 1.54) is 0 Å².